The van der Waals surface area contributed by atoms with Gasteiger partial charge in [0, 0.05) is 12.2 Å². The van der Waals surface area contributed by atoms with Crippen molar-refractivity contribution in [2.75, 3.05) is 13.1 Å². The summed E-state index contributed by atoms with van der Waals surface area (Å²) >= 11 is 0. The van der Waals surface area contributed by atoms with Gasteiger partial charge in [-0.25, -0.2) is 4.79 Å². The van der Waals surface area contributed by atoms with Crippen molar-refractivity contribution in [2.24, 2.45) is 0 Å². The molecule has 0 bridgehead atoms. The van der Waals surface area contributed by atoms with Gasteiger partial charge < -0.3 is 10.2 Å². The normalized spacial score (nSPS) is 24.0. The van der Waals surface area contributed by atoms with Crippen LogP contribution in [0.2, 0.25) is 0 Å². The summed E-state index contributed by atoms with van der Waals surface area (Å²) in [7, 11) is 0. The van der Waals surface area contributed by atoms with E-state index in [1.54, 1.807) is 4.90 Å². The molecule has 1 aromatic rings. The summed E-state index contributed by atoms with van der Waals surface area (Å²) in [6, 6.07) is 7.31. The molecule has 4 amide bonds. The molecule has 1 fully saturated rings. The highest BCUT2D eigenvalue weighted by molar-refractivity contribution is 6.09. The smallest absolute Gasteiger partial charge is 0.319 e. The highest BCUT2D eigenvalue weighted by Crippen LogP contribution is 2.39. The number of nitrogens with one attached hydrogen (secondary N) is 1. The molecule has 1 heterocycles. The number of imide groups is 1. The highest BCUT2D eigenvalue weighted by atomic mass is 16.2. The quantitative estimate of drug-likeness (QED) is 0.815. The van der Waals surface area contributed by atoms with Gasteiger partial charge >= 0.3 is 6.03 Å². The molecule has 4 rings (SSSR count). The van der Waals surface area contributed by atoms with Gasteiger partial charge in [0.2, 0.25) is 5.91 Å². The lowest BCUT2D eigenvalue weighted by molar-refractivity contribution is -0.138. The van der Waals surface area contributed by atoms with Crippen molar-refractivity contribution >= 4 is 17.8 Å². The van der Waals surface area contributed by atoms with Gasteiger partial charge in [-0.05, 0) is 63.0 Å². The molecule has 3 aliphatic rings. The van der Waals surface area contributed by atoms with Gasteiger partial charge in [0.1, 0.15) is 12.1 Å². The number of likely N-dealkylation sites (N-methyl/N-ethyl adjacent to an activating group) is 1. The van der Waals surface area contributed by atoms with Crippen molar-refractivity contribution in [3.05, 3.63) is 47.2 Å². The van der Waals surface area contributed by atoms with Gasteiger partial charge in [-0.15, -0.1) is 0 Å². The Morgan fingerprint density at radius 1 is 1.18 bits per heavy atom. The van der Waals surface area contributed by atoms with Gasteiger partial charge in [0.15, 0.2) is 0 Å². The van der Waals surface area contributed by atoms with Crippen LogP contribution < -0.4 is 5.32 Å². The molecule has 1 aromatic carbocycles. The first-order valence-corrected chi connectivity index (χ1v) is 10.3. The average molecular weight is 381 g/mol. The lowest BCUT2D eigenvalue weighted by Crippen LogP contribution is -2.47. The molecule has 0 aromatic heterocycles. The van der Waals surface area contributed by atoms with E-state index in [1.807, 2.05) is 31.2 Å². The van der Waals surface area contributed by atoms with Crippen molar-refractivity contribution in [2.45, 2.75) is 57.4 Å². The van der Waals surface area contributed by atoms with E-state index in [0.29, 0.717) is 13.0 Å². The second-order valence-corrected chi connectivity index (χ2v) is 7.82. The summed E-state index contributed by atoms with van der Waals surface area (Å²) in [6.07, 6.45) is 8.47. The average Bonchev–Trinajstić information content (AvgIpc) is 2.94. The van der Waals surface area contributed by atoms with E-state index in [-0.39, 0.29) is 18.4 Å². The zero-order valence-electron chi connectivity index (χ0n) is 16.4. The number of fused-ring (bicyclic) bond motifs is 2. The van der Waals surface area contributed by atoms with E-state index in [0.717, 1.165) is 60.2 Å². The largest absolute Gasteiger partial charge is 0.325 e. The van der Waals surface area contributed by atoms with Crippen LogP contribution in [0.4, 0.5) is 4.79 Å². The number of carbonyl (C=O) groups is 3. The van der Waals surface area contributed by atoms with E-state index in [2.05, 4.69) is 11.4 Å². The van der Waals surface area contributed by atoms with Crippen LogP contribution in [0.15, 0.2) is 36.0 Å². The number of rotatable bonds is 4. The monoisotopic (exact) mass is 381 g/mol. The van der Waals surface area contributed by atoms with Crippen LogP contribution in [0, 0.1) is 0 Å². The van der Waals surface area contributed by atoms with E-state index in [9.17, 15) is 14.4 Å². The molecule has 0 unspecified atom stereocenters. The van der Waals surface area contributed by atoms with Crippen LogP contribution in [0.1, 0.15) is 56.6 Å². The van der Waals surface area contributed by atoms with Gasteiger partial charge in [-0.3, -0.25) is 14.5 Å². The first-order chi connectivity index (χ1) is 13.6. The van der Waals surface area contributed by atoms with Crippen LogP contribution >= 0.6 is 0 Å². The summed E-state index contributed by atoms with van der Waals surface area (Å²) in [5.41, 5.74) is 1.96. The molecule has 2 aliphatic carbocycles. The summed E-state index contributed by atoms with van der Waals surface area (Å²) in [6.45, 7) is 2.26. The molecule has 1 saturated heterocycles. The van der Waals surface area contributed by atoms with E-state index >= 15 is 0 Å². The fourth-order valence-electron chi connectivity index (χ4n) is 4.78. The molecule has 6 heteroatoms. The number of carbonyl (C=O) groups excluding carboxylic acids is 3. The minimum absolute atomic E-state index is 0.194. The van der Waals surface area contributed by atoms with Crippen LogP contribution in [0.5, 0.6) is 0 Å². The number of benzene rings is 1. The number of nitrogens with zero attached hydrogens (tertiary/aromatic N) is 2. The van der Waals surface area contributed by atoms with Crippen molar-refractivity contribution < 1.29 is 14.4 Å². The van der Waals surface area contributed by atoms with Crippen LogP contribution in [0.3, 0.4) is 0 Å². The predicted molar refractivity (Wildman–Crippen MR) is 105 cm³/mol. The molecule has 0 saturated carbocycles. The Bertz CT molecular complexity index is 847. The van der Waals surface area contributed by atoms with Crippen molar-refractivity contribution in [1.82, 2.24) is 15.1 Å². The number of allylic oxidation sites excluding steroid dienone is 2. The second-order valence-electron chi connectivity index (χ2n) is 7.82. The summed E-state index contributed by atoms with van der Waals surface area (Å²) < 4.78 is 0. The van der Waals surface area contributed by atoms with E-state index < -0.39 is 11.6 Å². The van der Waals surface area contributed by atoms with E-state index in [4.69, 9.17) is 0 Å². The molecule has 1 spiro atoms. The first kappa shape index (κ1) is 18.7. The van der Waals surface area contributed by atoms with Crippen LogP contribution in [-0.2, 0) is 21.5 Å². The van der Waals surface area contributed by atoms with Crippen molar-refractivity contribution in [3.63, 3.8) is 0 Å². The molecule has 6 nitrogen and oxygen atoms in total. The van der Waals surface area contributed by atoms with Crippen molar-refractivity contribution in [1.29, 1.82) is 0 Å². The van der Waals surface area contributed by atoms with E-state index in [1.165, 1.54) is 0 Å². The van der Waals surface area contributed by atoms with Gasteiger partial charge in [-0.1, -0.05) is 30.3 Å². The molecule has 1 N–H and O–H groups in total. The molecule has 0 radical (unpaired) electrons. The first-order valence-electron chi connectivity index (χ1n) is 10.3. The molecule has 1 atom stereocenters. The Hall–Kier alpha value is -2.63. The molecule has 1 aliphatic heterocycles. The van der Waals surface area contributed by atoms with Gasteiger partial charge in [0.25, 0.3) is 5.91 Å². The number of aryl methyl sites for hydroxylation is 1. The minimum Gasteiger partial charge on any atom is -0.319 e. The Labute approximate surface area is 165 Å². The number of amides is 4. The number of hydrogen-bond donors (Lipinski definition) is 1. The zero-order chi connectivity index (χ0) is 19.7. The maximum absolute atomic E-state index is 13.3. The standard InChI is InChI=1S/C22H27N3O3/c1-2-24(17-11-4-3-5-12-17)19(26)15-25-20(27)22(23-21(25)28)14-8-10-16-9-6-7-13-18(16)22/h6-7,9,11,13H,2-5,8,10,12,14-15H2,1H3,(H,23,28)/t22-/m0/s1. The third-order valence-electron chi connectivity index (χ3n) is 6.18. The Balaban J connectivity index is 1.57. The number of hydrogen-bond acceptors (Lipinski definition) is 3. The van der Waals surface area contributed by atoms with Crippen molar-refractivity contribution in [3.8, 4) is 0 Å². The fraction of sp³-hybridized carbons (Fsp3) is 0.500. The third-order valence-corrected chi connectivity index (χ3v) is 6.18. The molecule has 28 heavy (non-hydrogen) atoms. The SMILES string of the molecule is CCN(C(=O)CN1C(=O)N[C@]2(CCCc3ccccc32)C1=O)C1=CCCCC1. The maximum Gasteiger partial charge on any atom is 0.325 e. The van der Waals surface area contributed by atoms with Crippen LogP contribution in [-0.4, -0.2) is 40.7 Å². The van der Waals surface area contributed by atoms with Crippen LogP contribution in [0.25, 0.3) is 0 Å². The second kappa shape index (κ2) is 7.41. The van der Waals surface area contributed by atoms with Gasteiger partial charge in [0.05, 0.1) is 0 Å². The summed E-state index contributed by atoms with van der Waals surface area (Å²) in [5.74, 6) is -0.494. The third kappa shape index (κ3) is 3.01. The fourth-order valence-corrected chi connectivity index (χ4v) is 4.78. The lowest BCUT2D eigenvalue weighted by Gasteiger charge is -2.33. The topological polar surface area (TPSA) is 69.7 Å². The molecular formula is C22H27N3O3. The molecular weight excluding hydrogens is 354 g/mol. The molecule has 148 valence electrons. The Morgan fingerprint density at radius 2 is 2.00 bits per heavy atom. The Kier molecular flexibility index (Phi) is 4.96. The number of urea groups is 1. The minimum atomic E-state index is -1.02. The maximum atomic E-state index is 13.3. The predicted octanol–water partition coefficient (Wildman–Crippen LogP) is 3.08. The summed E-state index contributed by atoms with van der Waals surface area (Å²) in [5, 5.41) is 2.92. The Morgan fingerprint density at radius 3 is 2.75 bits per heavy atom. The van der Waals surface area contributed by atoms with Gasteiger partial charge in [-0.2, -0.15) is 0 Å². The zero-order valence-corrected chi connectivity index (χ0v) is 16.4. The summed E-state index contributed by atoms with van der Waals surface area (Å²) in [4.78, 5) is 41.8. The highest BCUT2D eigenvalue weighted by Gasteiger charge is 2.54. The lowest BCUT2D eigenvalue weighted by atomic mass is 9.76.